The molecule has 1 N–H and O–H groups in total. The molecule has 0 spiro atoms. The van der Waals surface area contributed by atoms with Crippen LogP contribution in [0.2, 0.25) is 0 Å². The normalized spacial score (nSPS) is 14.2. The third-order valence-electron chi connectivity index (χ3n) is 6.42. The molecule has 1 aliphatic carbocycles. The van der Waals surface area contributed by atoms with Crippen LogP contribution in [0.3, 0.4) is 0 Å². The van der Waals surface area contributed by atoms with E-state index in [0.717, 1.165) is 58.4 Å². The molecule has 0 radical (unpaired) electrons. The van der Waals surface area contributed by atoms with Crippen LogP contribution < -0.4 is 19.5 Å². The zero-order valence-corrected chi connectivity index (χ0v) is 19.8. The lowest BCUT2D eigenvalue weighted by Crippen LogP contribution is -2.23. The molecule has 1 saturated carbocycles. The molecule has 2 heterocycles. The minimum Gasteiger partial charge on any atom is -0.497 e. The van der Waals surface area contributed by atoms with Crippen LogP contribution in [0, 0.1) is 0 Å². The van der Waals surface area contributed by atoms with E-state index in [1.807, 2.05) is 54.7 Å². The van der Waals surface area contributed by atoms with Crippen molar-refractivity contribution >= 4 is 11.5 Å². The number of anilines is 1. The van der Waals surface area contributed by atoms with Crippen molar-refractivity contribution in [1.82, 2.24) is 9.38 Å². The van der Waals surface area contributed by atoms with Crippen LogP contribution in [0.15, 0.2) is 66.9 Å². The van der Waals surface area contributed by atoms with Crippen LogP contribution in [-0.2, 0) is 6.61 Å². The third-order valence-corrected chi connectivity index (χ3v) is 6.42. The van der Waals surface area contributed by atoms with Crippen molar-refractivity contribution < 1.29 is 14.2 Å². The van der Waals surface area contributed by atoms with Crippen molar-refractivity contribution in [3.05, 3.63) is 72.4 Å². The van der Waals surface area contributed by atoms with E-state index in [0.29, 0.717) is 12.6 Å². The second kappa shape index (κ2) is 10.1. The van der Waals surface area contributed by atoms with Crippen LogP contribution in [0.25, 0.3) is 16.9 Å². The Labute approximate surface area is 200 Å². The summed E-state index contributed by atoms with van der Waals surface area (Å²) in [5, 5.41) is 3.81. The predicted octanol–water partition coefficient (Wildman–Crippen LogP) is 6.34. The highest BCUT2D eigenvalue weighted by atomic mass is 16.5. The lowest BCUT2D eigenvalue weighted by Gasteiger charge is -2.24. The van der Waals surface area contributed by atoms with Gasteiger partial charge in [-0.1, -0.05) is 49.6 Å². The molecule has 2 aromatic heterocycles. The van der Waals surface area contributed by atoms with Gasteiger partial charge in [0.15, 0.2) is 11.4 Å². The molecule has 0 aliphatic heterocycles. The number of fused-ring (bicyclic) bond motifs is 1. The number of pyridine rings is 1. The van der Waals surface area contributed by atoms with Gasteiger partial charge in [-0.15, -0.1) is 0 Å². The number of nitrogens with one attached hydrogen (secondary N) is 1. The van der Waals surface area contributed by atoms with Crippen LogP contribution in [0.1, 0.15) is 37.7 Å². The SMILES string of the molecule is COc1cc(OC)cc(-c2nc3c(OCc4ccccc4)cccn3c2NC2CCCCC2)c1. The monoisotopic (exact) mass is 457 g/mol. The molecule has 1 aliphatic rings. The average Bonchev–Trinajstić information content (AvgIpc) is 3.27. The minimum absolute atomic E-state index is 0.425. The predicted molar refractivity (Wildman–Crippen MR) is 135 cm³/mol. The summed E-state index contributed by atoms with van der Waals surface area (Å²) in [5.41, 5.74) is 3.70. The highest BCUT2D eigenvalue weighted by Crippen LogP contribution is 2.37. The fourth-order valence-corrected chi connectivity index (χ4v) is 4.61. The highest BCUT2D eigenvalue weighted by molar-refractivity contribution is 5.80. The van der Waals surface area contributed by atoms with E-state index in [2.05, 4.69) is 21.9 Å². The zero-order chi connectivity index (χ0) is 23.3. The van der Waals surface area contributed by atoms with Crippen molar-refractivity contribution in [2.75, 3.05) is 19.5 Å². The van der Waals surface area contributed by atoms with Crippen molar-refractivity contribution in [3.63, 3.8) is 0 Å². The Bertz CT molecular complexity index is 1220. The molecule has 0 saturated heterocycles. The molecule has 5 rings (SSSR count). The fraction of sp³-hybridized carbons (Fsp3) is 0.321. The molecular formula is C28H31N3O3. The van der Waals surface area contributed by atoms with Gasteiger partial charge in [0.05, 0.1) is 14.2 Å². The van der Waals surface area contributed by atoms with E-state index >= 15 is 0 Å². The van der Waals surface area contributed by atoms with Gasteiger partial charge in [0.2, 0.25) is 0 Å². The topological polar surface area (TPSA) is 57.0 Å². The Kier molecular flexibility index (Phi) is 6.56. The zero-order valence-electron chi connectivity index (χ0n) is 19.8. The Hall–Kier alpha value is -3.67. The molecular weight excluding hydrogens is 426 g/mol. The number of methoxy groups -OCH3 is 2. The smallest absolute Gasteiger partial charge is 0.181 e. The molecule has 0 amide bonds. The van der Waals surface area contributed by atoms with E-state index in [1.165, 1.54) is 19.3 Å². The highest BCUT2D eigenvalue weighted by Gasteiger charge is 2.22. The standard InChI is InChI=1S/C28H31N3O3/c1-32-23-16-21(17-24(18-23)33-2)26-28(29-22-12-7-4-8-13-22)31-15-9-14-25(27(31)30-26)34-19-20-10-5-3-6-11-20/h3,5-6,9-11,14-18,22,29H,4,7-8,12-13,19H2,1-2H3. The molecule has 2 aromatic carbocycles. The van der Waals surface area contributed by atoms with Crippen molar-refractivity contribution in [2.24, 2.45) is 0 Å². The number of nitrogens with zero attached hydrogens (tertiary/aromatic N) is 2. The number of hydrogen-bond acceptors (Lipinski definition) is 5. The first-order chi connectivity index (χ1) is 16.7. The number of hydrogen-bond donors (Lipinski definition) is 1. The van der Waals surface area contributed by atoms with E-state index in [1.54, 1.807) is 14.2 Å². The summed E-state index contributed by atoms with van der Waals surface area (Å²) in [6.07, 6.45) is 8.19. The van der Waals surface area contributed by atoms with E-state index in [-0.39, 0.29) is 0 Å². The Balaban J connectivity index is 1.59. The summed E-state index contributed by atoms with van der Waals surface area (Å²) < 4.78 is 19.4. The molecule has 4 aromatic rings. The lowest BCUT2D eigenvalue weighted by molar-refractivity contribution is 0.308. The van der Waals surface area contributed by atoms with Gasteiger partial charge in [0, 0.05) is 23.9 Å². The fourth-order valence-electron chi connectivity index (χ4n) is 4.61. The molecule has 1 fully saturated rings. The van der Waals surface area contributed by atoms with Crippen LogP contribution in [-0.4, -0.2) is 29.6 Å². The second-order valence-electron chi connectivity index (χ2n) is 8.73. The summed E-state index contributed by atoms with van der Waals surface area (Å²) in [7, 11) is 3.33. The first kappa shape index (κ1) is 22.1. The third kappa shape index (κ3) is 4.67. The van der Waals surface area contributed by atoms with Crippen molar-refractivity contribution in [3.8, 4) is 28.5 Å². The summed E-state index contributed by atoms with van der Waals surface area (Å²) >= 11 is 0. The number of aromatic nitrogens is 2. The van der Waals surface area contributed by atoms with Crippen molar-refractivity contribution in [2.45, 2.75) is 44.8 Å². The second-order valence-corrected chi connectivity index (χ2v) is 8.73. The van der Waals surface area contributed by atoms with E-state index < -0.39 is 0 Å². The number of ether oxygens (including phenoxy) is 3. The van der Waals surface area contributed by atoms with Crippen LogP contribution in [0.5, 0.6) is 17.2 Å². The van der Waals surface area contributed by atoms with E-state index in [9.17, 15) is 0 Å². The Morgan fingerprint density at radius 3 is 2.35 bits per heavy atom. The summed E-state index contributed by atoms with van der Waals surface area (Å²) in [5.74, 6) is 3.19. The maximum atomic E-state index is 6.23. The minimum atomic E-state index is 0.425. The Morgan fingerprint density at radius 2 is 1.65 bits per heavy atom. The van der Waals surface area contributed by atoms with E-state index in [4.69, 9.17) is 19.2 Å². The number of benzene rings is 2. The van der Waals surface area contributed by atoms with Gasteiger partial charge in [0.1, 0.15) is 29.6 Å². The molecule has 0 atom stereocenters. The lowest BCUT2D eigenvalue weighted by atomic mass is 9.95. The molecule has 34 heavy (non-hydrogen) atoms. The largest absolute Gasteiger partial charge is 0.497 e. The first-order valence-electron chi connectivity index (χ1n) is 11.9. The summed E-state index contributed by atoms with van der Waals surface area (Å²) in [6, 6.07) is 20.5. The molecule has 6 heteroatoms. The average molecular weight is 458 g/mol. The van der Waals surface area contributed by atoms with Gasteiger partial charge < -0.3 is 19.5 Å². The van der Waals surface area contributed by atoms with Crippen LogP contribution in [0.4, 0.5) is 5.82 Å². The summed E-state index contributed by atoms with van der Waals surface area (Å²) in [6.45, 7) is 0.487. The van der Waals surface area contributed by atoms with Crippen molar-refractivity contribution in [1.29, 1.82) is 0 Å². The van der Waals surface area contributed by atoms with Gasteiger partial charge in [0.25, 0.3) is 0 Å². The quantitative estimate of drug-likeness (QED) is 0.334. The number of imidazole rings is 1. The first-order valence-corrected chi connectivity index (χ1v) is 11.9. The maximum Gasteiger partial charge on any atom is 0.181 e. The van der Waals surface area contributed by atoms with Gasteiger partial charge in [-0.2, -0.15) is 0 Å². The van der Waals surface area contributed by atoms with Gasteiger partial charge in [-0.25, -0.2) is 4.98 Å². The van der Waals surface area contributed by atoms with Crippen LogP contribution >= 0.6 is 0 Å². The number of rotatable bonds is 8. The molecule has 0 bridgehead atoms. The molecule has 0 unspecified atom stereocenters. The van der Waals surface area contributed by atoms with Gasteiger partial charge in [-0.3, -0.25) is 4.40 Å². The molecule has 176 valence electrons. The maximum absolute atomic E-state index is 6.23. The van der Waals surface area contributed by atoms with Gasteiger partial charge in [-0.05, 0) is 42.7 Å². The summed E-state index contributed by atoms with van der Waals surface area (Å²) in [4.78, 5) is 5.08. The molecule has 6 nitrogen and oxygen atoms in total. The van der Waals surface area contributed by atoms with Gasteiger partial charge >= 0.3 is 0 Å². The Morgan fingerprint density at radius 1 is 0.912 bits per heavy atom.